The van der Waals surface area contributed by atoms with Gasteiger partial charge in [-0.1, -0.05) is 13.0 Å². The van der Waals surface area contributed by atoms with Crippen molar-refractivity contribution in [3.63, 3.8) is 0 Å². The van der Waals surface area contributed by atoms with E-state index in [1.54, 1.807) is 0 Å². The lowest BCUT2D eigenvalue weighted by Gasteiger charge is -2.10. The lowest BCUT2D eigenvalue weighted by atomic mass is 10.2. The second-order valence-electron chi connectivity index (χ2n) is 3.27. The Hall–Kier alpha value is -0.370. The Morgan fingerprint density at radius 3 is 2.75 bits per heavy atom. The largest absolute Gasteiger partial charge is 0.314 e. The van der Waals surface area contributed by atoms with E-state index in [0.717, 1.165) is 25.0 Å². The molecule has 0 spiro atoms. The molecule has 0 aromatic rings. The van der Waals surface area contributed by atoms with Crippen LogP contribution in [0, 0.1) is 0 Å². The van der Waals surface area contributed by atoms with Crippen LogP contribution in [0.15, 0.2) is 11.6 Å². The summed E-state index contributed by atoms with van der Waals surface area (Å²) in [4.78, 5) is 0. The number of allylic oxidation sites excluding steroid dienone is 1. The fraction of sp³-hybridized carbons (Fsp3) is 0.800. The maximum atomic E-state index is 12.0. The van der Waals surface area contributed by atoms with E-state index in [2.05, 4.69) is 19.2 Å². The van der Waals surface area contributed by atoms with Crippen molar-refractivity contribution in [2.24, 2.45) is 0 Å². The Bertz CT molecular complexity index is 132. The lowest BCUT2D eigenvalue weighted by molar-refractivity contribution is 0.530. The molecule has 1 unspecified atom stereocenters. The molecular formula is C10H20FN. The zero-order chi connectivity index (χ0) is 9.40. The van der Waals surface area contributed by atoms with Gasteiger partial charge in [-0.2, -0.15) is 0 Å². The number of nitrogens with one attached hydrogen (secondary N) is 1. The van der Waals surface area contributed by atoms with Crippen LogP contribution in [0.4, 0.5) is 4.39 Å². The molecule has 0 aliphatic carbocycles. The van der Waals surface area contributed by atoms with Gasteiger partial charge in [-0.15, -0.1) is 0 Å². The Labute approximate surface area is 75.0 Å². The van der Waals surface area contributed by atoms with E-state index in [1.807, 2.05) is 13.0 Å². The molecule has 0 bridgehead atoms. The summed E-state index contributed by atoms with van der Waals surface area (Å²) in [6, 6.07) is 0.464. The monoisotopic (exact) mass is 173 g/mol. The smallest absolute Gasteiger partial charge is 0.110 e. The van der Waals surface area contributed by atoms with Gasteiger partial charge in [0.1, 0.15) is 6.67 Å². The lowest BCUT2D eigenvalue weighted by Crippen LogP contribution is -2.25. The van der Waals surface area contributed by atoms with Crippen molar-refractivity contribution >= 4 is 0 Å². The molecule has 1 nitrogen and oxygen atoms in total. The third-order valence-electron chi connectivity index (χ3n) is 1.77. The molecule has 0 rings (SSSR count). The highest BCUT2D eigenvalue weighted by molar-refractivity contribution is 4.98. The number of rotatable bonds is 6. The van der Waals surface area contributed by atoms with E-state index < -0.39 is 0 Å². The van der Waals surface area contributed by atoms with E-state index in [1.165, 1.54) is 0 Å². The molecule has 72 valence electrons. The molecule has 0 aromatic heterocycles. The first kappa shape index (κ1) is 11.6. The summed E-state index contributed by atoms with van der Waals surface area (Å²) in [5, 5.41) is 3.34. The molecule has 0 aromatic carbocycles. The van der Waals surface area contributed by atoms with Crippen LogP contribution in [-0.2, 0) is 0 Å². The summed E-state index contributed by atoms with van der Waals surface area (Å²) in [6.07, 6.45) is 4.04. The molecule has 0 fully saturated rings. The molecule has 0 aliphatic rings. The van der Waals surface area contributed by atoms with Crippen LogP contribution < -0.4 is 5.32 Å². The molecule has 0 saturated heterocycles. The van der Waals surface area contributed by atoms with E-state index in [9.17, 15) is 4.39 Å². The number of hydrogen-bond donors (Lipinski definition) is 1. The summed E-state index contributed by atoms with van der Waals surface area (Å²) in [5.74, 6) is 0. The van der Waals surface area contributed by atoms with E-state index >= 15 is 0 Å². The van der Waals surface area contributed by atoms with Gasteiger partial charge < -0.3 is 5.32 Å². The fourth-order valence-electron chi connectivity index (χ4n) is 0.907. The standard InChI is InChI=1S/C10H20FN/c1-4-7-12-10(3)6-5-9(2)8-11/h5,10,12H,4,6-8H2,1-3H3/b9-5+. The van der Waals surface area contributed by atoms with Crippen molar-refractivity contribution in [3.8, 4) is 0 Å². The Morgan fingerprint density at radius 2 is 2.25 bits per heavy atom. The highest BCUT2D eigenvalue weighted by Gasteiger charge is 1.97. The molecule has 2 heteroatoms. The first-order valence-electron chi connectivity index (χ1n) is 4.65. The number of alkyl halides is 1. The Morgan fingerprint density at radius 1 is 1.58 bits per heavy atom. The number of halogens is 1. The predicted molar refractivity (Wildman–Crippen MR) is 52.1 cm³/mol. The second-order valence-corrected chi connectivity index (χ2v) is 3.27. The molecule has 12 heavy (non-hydrogen) atoms. The third kappa shape index (κ3) is 6.35. The molecule has 1 atom stereocenters. The predicted octanol–water partition coefficient (Wildman–Crippen LogP) is 2.68. The highest BCUT2D eigenvalue weighted by atomic mass is 19.1. The first-order valence-corrected chi connectivity index (χ1v) is 4.65. The van der Waals surface area contributed by atoms with Crippen LogP contribution in [-0.4, -0.2) is 19.3 Å². The Kier molecular flexibility index (Phi) is 7.06. The zero-order valence-electron chi connectivity index (χ0n) is 8.36. The molecule has 0 amide bonds. The topological polar surface area (TPSA) is 12.0 Å². The van der Waals surface area contributed by atoms with Gasteiger partial charge in [-0.25, -0.2) is 4.39 Å². The molecule has 0 heterocycles. The van der Waals surface area contributed by atoms with Crippen LogP contribution in [0.25, 0.3) is 0 Å². The SMILES string of the molecule is CCCNC(C)C/C=C(\C)CF. The maximum absolute atomic E-state index is 12.0. The van der Waals surface area contributed by atoms with Gasteiger partial charge in [0.15, 0.2) is 0 Å². The van der Waals surface area contributed by atoms with Crippen molar-refractivity contribution in [2.45, 2.75) is 39.7 Å². The van der Waals surface area contributed by atoms with Crippen LogP contribution >= 0.6 is 0 Å². The van der Waals surface area contributed by atoms with Crippen LogP contribution in [0.2, 0.25) is 0 Å². The van der Waals surface area contributed by atoms with Crippen molar-refractivity contribution in [1.82, 2.24) is 5.32 Å². The third-order valence-corrected chi connectivity index (χ3v) is 1.77. The van der Waals surface area contributed by atoms with Crippen LogP contribution in [0.3, 0.4) is 0 Å². The molecule has 0 radical (unpaired) electrons. The molecule has 1 N–H and O–H groups in total. The van der Waals surface area contributed by atoms with Gasteiger partial charge in [0.05, 0.1) is 0 Å². The van der Waals surface area contributed by atoms with Crippen molar-refractivity contribution < 1.29 is 4.39 Å². The summed E-state index contributed by atoms with van der Waals surface area (Å²) in [6.45, 7) is 6.82. The average molecular weight is 173 g/mol. The van der Waals surface area contributed by atoms with Gasteiger partial charge in [-0.05, 0) is 38.8 Å². The first-order chi connectivity index (χ1) is 5.70. The summed E-state index contributed by atoms with van der Waals surface area (Å²) < 4.78 is 12.0. The highest BCUT2D eigenvalue weighted by Crippen LogP contribution is 1.99. The van der Waals surface area contributed by atoms with Crippen LogP contribution in [0.1, 0.15) is 33.6 Å². The van der Waals surface area contributed by atoms with E-state index in [0.29, 0.717) is 6.04 Å². The molecule has 0 aliphatic heterocycles. The van der Waals surface area contributed by atoms with Crippen LogP contribution in [0.5, 0.6) is 0 Å². The van der Waals surface area contributed by atoms with Crippen molar-refractivity contribution in [2.75, 3.05) is 13.2 Å². The summed E-state index contributed by atoms with van der Waals surface area (Å²) in [7, 11) is 0. The van der Waals surface area contributed by atoms with E-state index in [-0.39, 0.29) is 6.67 Å². The zero-order valence-corrected chi connectivity index (χ0v) is 8.36. The van der Waals surface area contributed by atoms with Gasteiger partial charge in [0, 0.05) is 6.04 Å². The van der Waals surface area contributed by atoms with Gasteiger partial charge in [-0.3, -0.25) is 0 Å². The number of hydrogen-bond acceptors (Lipinski definition) is 1. The normalized spacial score (nSPS) is 14.8. The van der Waals surface area contributed by atoms with E-state index in [4.69, 9.17) is 0 Å². The minimum Gasteiger partial charge on any atom is -0.314 e. The van der Waals surface area contributed by atoms with Gasteiger partial charge in [0.25, 0.3) is 0 Å². The minimum absolute atomic E-state index is 0.319. The second kappa shape index (κ2) is 7.29. The maximum Gasteiger partial charge on any atom is 0.110 e. The molecular weight excluding hydrogens is 153 g/mol. The Balaban J connectivity index is 3.48. The van der Waals surface area contributed by atoms with Gasteiger partial charge in [0.2, 0.25) is 0 Å². The summed E-state index contributed by atoms with van der Waals surface area (Å²) >= 11 is 0. The minimum atomic E-state index is -0.319. The average Bonchev–Trinajstić information content (AvgIpc) is 2.10. The quantitative estimate of drug-likeness (QED) is 0.609. The molecule has 0 saturated carbocycles. The van der Waals surface area contributed by atoms with Crippen molar-refractivity contribution in [3.05, 3.63) is 11.6 Å². The van der Waals surface area contributed by atoms with Crippen molar-refractivity contribution in [1.29, 1.82) is 0 Å². The summed E-state index contributed by atoms with van der Waals surface area (Å²) in [5.41, 5.74) is 0.833. The fourth-order valence-corrected chi connectivity index (χ4v) is 0.907. The van der Waals surface area contributed by atoms with Gasteiger partial charge >= 0.3 is 0 Å².